The lowest BCUT2D eigenvalue weighted by Crippen LogP contribution is -2.45. The maximum absolute atomic E-state index is 11.9. The van der Waals surface area contributed by atoms with Gasteiger partial charge < -0.3 is 15.0 Å². The second-order valence-corrected chi connectivity index (χ2v) is 5.70. The molecule has 1 aromatic rings. The number of aromatic nitrogens is 2. The molecule has 1 fully saturated rings. The number of alkyl halides is 3. The Bertz CT molecular complexity index is 464. The smallest absolute Gasteiger partial charge is 0.372 e. The van der Waals surface area contributed by atoms with Gasteiger partial charge in [-0.3, -0.25) is 0 Å². The van der Waals surface area contributed by atoms with Crippen LogP contribution in [0.4, 0.5) is 13.2 Å². The van der Waals surface area contributed by atoms with Crippen molar-refractivity contribution in [2.75, 3.05) is 13.2 Å². The third kappa shape index (κ3) is 4.16. The van der Waals surface area contributed by atoms with E-state index in [1.165, 1.54) is 0 Å². The normalized spacial score (nSPS) is 27.0. The third-order valence-electron chi connectivity index (χ3n) is 3.97. The molecule has 5 nitrogen and oxygen atoms in total. The van der Waals surface area contributed by atoms with Crippen LogP contribution in [0.2, 0.25) is 0 Å². The van der Waals surface area contributed by atoms with Gasteiger partial charge in [0.15, 0.2) is 5.82 Å². The molecule has 1 heterocycles. The van der Waals surface area contributed by atoms with Gasteiger partial charge in [-0.05, 0) is 19.8 Å². The van der Waals surface area contributed by atoms with Gasteiger partial charge in [-0.25, -0.2) is 0 Å². The Kier molecular flexibility index (Phi) is 4.88. The molecular formula is C13H20F3N3O2. The van der Waals surface area contributed by atoms with Gasteiger partial charge in [0.25, 0.3) is 0 Å². The molecule has 2 unspecified atom stereocenters. The molecule has 8 heteroatoms. The van der Waals surface area contributed by atoms with Gasteiger partial charge in [-0.15, -0.1) is 0 Å². The summed E-state index contributed by atoms with van der Waals surface area (Å²) in [5.74, 6) is 0.826. The Morgan fingerprint density at radius 1 is 1.43 bits per heavy atom. The van der Waals surface area contributed by atoms with Crippen LogP contribution in [0.15, 0.2) is 4.52 Å². The molecule has 1 aliphatic rings. The van der Waals surface area contributed by atoms with Crippen LogP contribution >= 0.6 is 0 Å². The highest BCUT2D eigenvalue weighted by Crippen LogP contribution is 2.37. The summed E-state index contributed by atoms with van der Waals surface area (Å²) in [5, 5.41) is 3.80. The van der Waals surface area contributed by atoms with Crippen molar-refractivity contribution in [2.24, 2.45) is 5.73 Å². The molecule has 2 rings (SSSR count). The number of ether oxygens (including phenoxy) is 1. The molecule has 0 amide bonds. The average molecular weight is 307 g/mol. The molecule has 0 aliphatic heterocycles. The molecule has 0 radical (unpaired) electrons. The molecule has 120 valence electrons. The number of nitrogens with zero attached hydrogens (tertiary/aromatic N) is 2. The molecule has 2 atom stereocenters. The van der Waals surface area contributed by atoms with E-state index in [9.17, 15) is 13.2 Å². The second kappa shape index (κ2) is 6.31. The minimum absolute atomic E-state index is 0.0407. The monoisotopic (exact) mass is 307 g/mol. The van der Waals surface area contributed by atoms with Crippen molar-refractivity contribution >= 4 is 0 Å². The Balaban J connectivity index is 1.89. The van der Waals surface area contributed by atoms with Gasteiger partial charge in [0, 0.05) is 12.5 Å². The summed E-state index contributed by atoms with van der Waals surface area (Å²) in [5.41, 5.74) is 5.80. The summed E-state index contributed by atoms with van der Waals surface area (Å²) in [6, 6.07) is -0.0407. The zero-order chi connectivity index (χ0) is 15.5. The minimum Gasteiger partial charge on any atom is -0.372 e. The molecule has 2 N–H and O–H groups in total. The van der Waals surface area contributed by atoms with Gasteiger partial charge in [0.05, 0.1) is 12.0 Å². The van der Waals surface area contributed by atoms with Crippen molar-refractivity contribution < 1.29 is 22.4 Å². The van der Waals surface area contributed by atoms with Crippen LogP contribution in [0.1, 0.15) is 44.3 Å². The van der Waals surface area contributed by atoms with E-state index >= 15 is 0 Å². The Morgan fingerprint density at radius 3 is 2.86 bits per heavy atom. The van der Waals surface area contributed by atoms with E-state index in [-0.39, 0.29) is 24.5 Å². The minimum atomic E-state index is -4.31. The predicted octanol–water partition coefficient (Wildman–Crippen LogP) is 2.35. The van der Waals surface area contributed by atoms with Crippen LogP contribution in [0.3, 0.4) is 0 Å². The summed E-state index contributed by atoms with van der Waals surface area (Å²) >= 11 is 0. The maximum atomic E-state index is 11.9. The summed E-state index contributed by atoms with van der Waals surface area (Å²) in [7, 11) is 0. The lowest BCUT2D eigenvalue weighted by Gasteiger charge is -2.35. The standard InChI is InChI=1S/C13H20F3N3O2/c1-12(6-3-2-4-9(12)17)11-18-10(19-21-11)5-7-20-8-13(14,15)16/h9H,2-8,17H2,1H3. The highest BCUT2D eigenvalue weighted by molar-refractivity contribution is 5.10. The van der Waals surface area contributed by atoms with Crippen molar-refractivity contribution in [3.05, 3.63) is 11.7 Å². The Labute approximate surface area is 121 Å². The van der Waals surface area contributed by atoms with Crippen LogP contribution in [-0.2, 0) is 16.6 Å². The molecule has 1 aliphatic carbocycles. The SMILES string of the molecule is CC1(c2nc(CCOCC(F)(F)F)no2)CCCCC1N. The molecule has 1 saturated carbocycles. The highest BCUT2D eigenvalue weighted by atomic mass is 19.4. The molecule has 0 saturated heterocycles. The summed E-state index contributed by atoms with van der Waals surface area (Å²) in [4.78, 5) is 4.27. The highest BCUT2D eigenvalue weighted by Gasteiger charge is 2.40. The average Bonchev–Trinajstić information content (AvgIpc) is 2.87. The summed E-state index contributed by atoms with van der Waals surface area (Å²) in [6.45, 7) is 0.635. The van der Waals surface area contributed by atoms with Crippen molar-refractivity contribution in [3.8, 4) is 0 Å². The van der Waals surface area contributed by atoms with Crippen LogP contribution in [0.25, 0.3) is 0 Å². The zero-order valence-corrected chi connectivity index (χ0v) is 11.9. The van der Waals surface area contributed by atoms with E-state index in [2.05, 4.69) is 14.9 Å². The van der Waals surface area contributed by atoms with Gasteiger partial charge in [-0.1, -0.05) is 18.0 Å². The number of hydrogen-bond donors (Lipinski definition) is 1. The van der Waals surface area contributed by atoms with Gasteiger partial charge in [-0.2, -0.15) is 18.2 Å². The molecular weight excluding hydrogens is 287 g/mol. The Hall–Kier alpha value is -1.15. The van der Waals surface area contributed by atoms with Crippen LogP contribution in [-0.4, -0.2) is 35.6 Å². The fraction of sp³-hybridized carbons (Fsp3) is 0.846. The van der Waals surface area contributed by atoms with E-state index in [4.69, 9.17) is 10.3 Å². The lowest BCUT2D eigenvalue weighted by atomic mass is 9.72. The van der Waals surface area contributed by atoms with Gasteiger partial charge in [0.2, 0.25) is 5.89 Å². The van der Waals surface area contributed by atoms with E-state index in [0.29, 0.717) is 11.7 Å². The van der Waals surface area contributed by atoms with Crippen LogP contribution in [0, 0.1) is 0 Å². The molecule has 0 bridgehead atoms. The lowest BCUT2D eigenvalue weighted by molar-refractivity contribution is -0.173. The number of rotatable bonds is 5. The number of halogens is 3. The first-order chi connectivity index (χ1) is 9.81. The zero-order valence-electron chi connectivity index (χ0n) is 11.9. The number of nitrogens with two attached hydrogens (primary N) is 1. The van der Waals surface area contributed by atoms with E-state index in [1.54, 1.807) is 0 Å². The van der Waals surface area contributed by atoms with E-state index in [1.807, 2.05) is 6.92 Å². The third-order valence-corrected chi connectivity index (χ3v) is 3.97. The molecule has 21 heavy (non-hydrogen) atoms. The topological polar surface area (TPSA) is 74.2 Å². The number of hydrogen-bond acceptors (Lipinski definition) is 5. The first-order valence-electron chi connectivity index (χ1n) is 7.04. The quantitative estimate of drug-likeness (QED) is 0.845. The van der Waals surface area contributed by atoms with Gasteiger partial charge in [0.1, 0.15) is 6.61 Å². The Morgan fingerprint density at radius 2 is 2.19 bits per heavy atom. The first-order valence-corrected chi connectivity index (χ1v) is 7.04. The van der Waals surface area contributed by atoms with Crippen molar-refractivity contribution in [3.63, 3.8) is 0 Å². The molecule has 0 spiro atoms. The largest absolute Gasteiger partial charge is 0.411 e. The van der Waals surface area contributed by atoms with Crippen molar-refractivity contribution in [1.82, 2.24) is 10.1 Å². The molecule has 0 aromatic carbocycles. The fourth-order valence-electron chi connectivity index (χ4n) is 2.56. The van der Waals surface area contributed by atoms with E-state index < -0.39 is 12.8 Å². The summed E-state index contributed by atoms with van der Waals surface area (Å²) in [6.07, 6.45) is -0.210. The van der Waals surface area contributed by atoms with Crippen molar-refractivity contribution in [1.29, 1.82) is 0 Å². The first kappa shape index (κ1) is 16.2. The van der Waals surface area contributed by atoms with Crippen LogP contribution in [0.5, 0.6) is 0 Å². The molecule has 1 aromatic heterocycles. The summed E-state index contributed by atoms with van der Waals surface area (Å²) < 4.78 is 45.6. The van der Waals surface area contributed by atoms with Crippen molar-refractivity contribution in [2.45, 2.75) is 56.7 Å². The van der Waals surface area contributed by atoms with Crippen LogP contribution < -0.4 is 5.73 Å². The predicted molar refractivity (Wildman–Crippen MR) is 68.7 cm³/mol. The van der Waals surface area contributed by atoms with E-state index in [0.717, 1.165) is 25.7 Å². The fourth-order valence-corrected chi connectivity index (χ4v) is 2.56. The second-order valence-electron chi connectivity index (χ2n) is 5.70. The maximum Gasteiger partial charge on any atom is 0.411 e. The van der Waals surface area contributed by atoms with Gasteiger partial charge >= 0.3 is 6.18 Å².